The van der Waals surface area contributed by atoms with Gasteiger partial charge in [0.05, 0.1) is 23.6 Å². The molecule has 0 aliphatic carbocycles. The van der Waals surface area contributed by atoms with E-state index in [0.29, 0.717) is 12.2 Å². The van der Waals surface area contributed by atoms with Gasteiger partial charge in [0, 0.05) is 12.4 Å². The van der Waals surface area contributed by atoms with Crippen LogP contribution in [-0.2, 0) is 6.54 Å². The second-order valence-corrected chi connectivity index (χ2v) is 5.28. The van der Waals surface area contributed by atoms with E-state index in [2.05, 4.69) is 24.9 Å². The molecule has 0 bridgehead atoms. The van der Waals surface area contributed by atoms with Crippen LogP contribution in [0.5, 0.6) is 0 Å². The maximum atomic E-state index is 5.70. The Morgan fingerprint density at radius 1 is 1.37 bits per heavy atom. The fourth-order valence-corrected chi connectivity index (χ4v) is 2.51. The highest BCUT2D eigenvalue weighted by Crippen LogP contribution is 2.22. The van der Waals surface area contributed by atoms with E-state index in [-0.39, 0.29) is 5.95 Å². The smallest absolute Gasteiger partial charge is 0.224 e. The van der Waals surface area contributed by atoms with Crippen LogP contribution in [0.15, 0.2) is 11.7 Å². The van der Waals surface area contributed by atoms with Crippen molar-refractivity contribution in [2.24, 2.45) is 0 Å². The Hall–Kier alpha value is -2.22. The first-order chi connectivity index (χ1) is 9.13. The van der Waals surface area contributed by atoms with Crippen molar-refractivity contribution in [1.29, 1.82) is 0 Å². The van der Waals surface area contributed by atoms with Gasteiger partial charge in [0.2, 0.25) is 5.95 Å². The molecular weight excluding hydrogens is 262 g/mol. The maximum absolute atomic E-state index is 5.70. The van der Waals surface area contributed by atoms with Gasteiger partial charge in [-0.25, -0.2) is 9.97 Å². The highest BCUT2D eigenvalue weighted by molar-refractivity contribution is 7.09. The Kier molecular flexibility index (Phi) is 2.79. The molecule has 19 heavy (non-hydrogen) atoms. The van der Waals surface area contributed by atoms with E-state index in [0.717, 1.165) is 22.0 Å². The molecule has 0 unspecified atom stereocenters. The van der Waals surface area contributed by atoms with Gasteiger partial charge in [-0.05, 0) is 6.92 Å². The highest BCUT2D eigenvalue weighted by Gasteiger charge is 2.13. The Morgan fingerprint density at radius 3 is 2.95 bits per heavy atom. The molecular formula is C11H13N7S. The standard InChI is InChI=1S/C11H13N7S/c1-6-15-7(4-19-6)3-18(2)10-8-9(14-5-13-8)16-11(12)17-10/h4-5H,3H2,1-2H3,(H3,12,13,14,16,17). The number of anilines is 2. The van der Waals surface area contributed by atoms with Crippen LogP contribution in [0.4, 0.5) is 11.8 Å². The molecule has 0 aromatic carbocycles. The summed E-state index contributed by atoms with van der Waals surface area (Å²) in [7, 11) is 1.94. The van der Waals surface area contributed by atoms with Gasteiger partial charge in [0.25, 0.3) is 0 Å². The first-order valence-corrected chi connectivity index (χ1v) is 6.60. The molecule has 98 valence electrons. The van der Waals surface area contributed by atoms with E-state index in [1.807, 2.05) is 24.3 Å². The maximum Gasteiger partial charge on any atom is 0.224 e. The first-order valence-electron chi connectivity index (χ1n) is 5.72. The predicted molar refractivity (Wildman–Crippen MR) is 75.1 cm³/mol. The molecule has 3 N–H and O–H groups in total. The number of hydrogen-bond donors (Lipinski definition) is 2. The summed E-state index contributed by atoms with van der Waals surface area (Å²) in [5.74, 6) is 0.946. The Labute approximate surface area is 113 Å². The number of nitrogens with two attached hydrogens (primary N) is 1. The SMILES string of the molecule is Cc1nc(CN(C)c2nc(N)nc3nc[nH]c23)cs1. The first kappa shape index (κ1) is 11.8. The van der Waals surface area contributed by atoms with Crippen molar-refractivity contribution in [2.75, 3.05) is 17.7 Å². The molecule has 7 nitrogen and oxygen atoms in total. The minimum Gasteiger partial charge on any atom is -0.368 e. The zero-order valence-corrected chi connectivity index (χ0v) is 11.4. The number of nitrogens with one attached hydrogen (secondary N) is 1. The summed E-state index contributed by atoms with van der Waals surface area (Å²) in [5.41, 5.74) is 8.07. The Balaban J connectivity index is 1.96. The quantitative estimate of drug-likeness (QED) is 0.748. The third-order valence-corrected chi connectivity index (χ3v) is 3.53. The molecule has 0 spiro atoms. The average molecular weight is 275 g/mol. The third kappa shape index (κ3) is 2.22. The minimum absolute atomic E-state index is 0.218. The number of aromatic amines is 1. The van der Waals surface area contributed by atoms with Crippen molar-refractivity contribution in [3.05, 3.63) is 22.4 Å². The van der Waals surface area contributed by atoms with Gasteiger partial charge in [-0.15, -0.1) is 11.3 Å². The van der Waals surface area contributed by atoms with Gasteiger partial charge in [-0.3, -0.25) is 0 Å². The molecule has 3 aromatic rings. The largest absolute Gasteiger partial charge is 0.368 e. The van der Waals surface area contributed by atoms with Gasteiger partial charge < -0.3 is 15.6 Å². The van der Waals surface area contributed by atoms with E-state index in [1.165, 1.54) is 0 Å². The number of thiazole rings is 1. The molecule has 0 saturated heterocycles. The second-order valence-electron chi connectivity index (χ2n) is 4.22. The lowest BCUT2D eigenvalue weighted by Gasteiger charge is -2.17. The normalized spacial score (nSPS) is 11.1. The number of imidazole rings is 1. The second kappa shape index (κ2) is 4.47. The summed E-state index contributed by atoms with van der Waals surface area (Å²) in [4.78, 5) is 21.9. The van der Waals surface area contributed by atoms with Gasteiger partial charge in [-0.2, -0.15) is 9.97 Å². The highest BCUT2D eigenvalue weighted by atomic mass is 32.1. The van der Waals surface area contributed by atoms with Crippen molar-refractivity contribution < 1.29 is 0 Å². The van der Waals surface area contributed by atoms with Crippen LogP contribution < -0.4 is 10.6 Å². The van der Waals surface area contributed by atoms with E-state index < -0.39 is 0 Å². The van der Waals surface area contributed by atoms with Crippen LogP contribution in [0.25, 0.3) is 11.2 Å². The number of nitrogen functional groups attached to an aromatic ring is 1. The molecule has 0 atom stereocenters. The van der Waals surface area contributed by atoms with Crippen LogP contribution >= 0.6 is 11.3 Å². The van der Waals surface area contributed by atoms with E-state index in [4.69, 9.17) is 5.73 Å². The molecule has 0 radical (unpaired) electrons. The molecule has 8 heteroatoms. The number of hydrogen-bond acceptors (Lipinski definition) is 7. The van der Waals surface area contributed by atoms with Crippen molar-refractivity contribution >= 4 is 34.3 Å². The molecule has 0 amide bonds. The molecule has 0 aliphatic heterocycles. The fourth-order valence-electron chi connectivity index (χ4n) is 1.91. The molecule has 3 rings (SSSR count). The molecule has 0 saturated carbocycles. The molecule has 3 heterocycles. The van der Waals surface area contributed by atoms with E-state index in [9.17, 15) is 0 Å². The van der Waals surface area contributed by atoms with Crippen molar-refractivity contribution in [3.8, 4) is 0 Å². The summed E-state index contributed by atoms with van der Waals surface area (Å²) >= 11 is 1.63. The van der Waals surface area contributed by atoms with E-state index in [1.54, 1.807) is 17.7 Å². The molecule has 3 aromatic heterocycles. The lowest BCUT2D eigenvalue weighted by atomic mass is 10.4. The third-order valence-electron chi connectivity index (χ3n) is 2.71. The number of rotatable bonds is 3. The lowest BCUT2D eigenvalue weighted by molar-refractivity contribution is 0.872. The molecule has 0 fully saturated rings. The summed E-state index contributed by atoms with van der Waals surface area (Å²) < 4.78 is 0. The van der Waals surface area contributed by atoms with Crippen LogP contribution in [0, 0.1) is 6.92 Å². The number of nitrogens with zero attached hydrogens (tertiary/aromatic N) is 5. The summed E-state index contributed by atoms with van der Waals surface area (Å²) in [6.45, 7) is 2.65. The zero-order valence-electron chi connectivity index (χ0n) is 10.6. The van der Waals surface area contributed by atoms with Gasteiger partial charge in [-0.1, -0.05) is 0 Å². The predicted octanol–water partition coefficient (Wildman–Crippen LogP) is 1.34. The number of H-pyrrole nitrogens is 1. The molecule has 0 aliphatic rings. The van der Waals surface area contributed by atoms with Crippen LogP contribution in [0.2, 0.25) is 0 Å². The van der Waals surface area contributed by atoms with Crippen molar-refractivity contribution in [2.45, 2.75) is 13.5 Å². The lowest BCUT2D eigenvalue weighted by Crippen LogP contribution is -2.19. The van der Waals surface area contributed by atoms with Gasteiger partial charge >= 0.3 is 0 Å². The fraction of sp³-hybridized carbons (Fsp3) is 0.273. The van der Waals surface area contributed by atoms with Crippen LogP contribution in [0.3, 0.4) is 0 Å². The van der Waals surface area contributed by atoms with Crippen molar-refractivity contribution in [1.82, 2.24) is 24.9 Å². The van der Waals surface area contributed by atoms with E-state index >= 15 is 0 Å². The minimum atomic E-state index is 0.218. The topological polar surface area (TPSA) is 96.6 Å². The average Bonchev–Trinajstić information content (AvgIpc) is 2.96. The Bertz CT molecular complexity index is 717. The van der Waals surface area contributed by atoms with Crippen LogP contribution in [-0.4, -0.2) is 32.0 Å². The summed E-state index contributed by atoms with van der Waals surface area (Å²) in [5, 5.41) is 3.10. The van der Waals surface area contributed by atoms with Gasteiger partial charge in [0.1, 0.15) is 5.52 Å². The van der Waals surface area contributed by atoms with Crippen molar-refractivity contribution in [3.63, 3.8) is 0 Å². The number of aryl methyl sites for hydroxylation is 1. The monoisotopic (exact) mass is 275 g/mol. The number of fused-ring (bicyclic) bond motifs is 1. The van der Waals surface area contributed by atoms with Gasteiger partial charge in [0.15, 0.2) is 11.5 Å². The van der Waals surface area contributed by atoms with Crippen LogP contribution in [0.1, 0.15) is 10.7 Å². The number of aromatic nitrogens is 5. The Morgan fingerprint density at radius 2 is 2.21 bits per heavy atom. The summed E-state index contributed by atoms with van der Waals surface area (Å²) in [6, 6.07) is 0. The zero-order chi connectivity index (χ0) is 13.4. The summed E-state index contributed by atoms with van der Waals surface area (Å²) in [6.07, 6.45) is 1.59.